The Bertz CT molecular complexity index is 478. The van der Waals surface area contributed by atoms with Crippen LogP contribution < -0.4 is 0 Å². The molecular formula is C12H15N3O2. The maximum atomic E-state index is 5.48. The van der Waals surface area contributed by atoms with Crippen molar-refractivity contribution in [3.8, 4) is 0 Å². The molecule has 1 saturated heterocycles. The van der Waals surface area contributed by atoms with E-state index in [2.05, 4.69) is 15.1 Å². The fourth-order valence-corrected chi connectivity index (χ4v) is 2.28. The predicted octanol–water partition coefficient (Wildman–Crippen LogP) is 1.96. The molecule has 3 rings (SSSR count). The second-order valence-electron chi connectivity index (χ2n) is 4.46. The topological polar surface area (TPSA) is 55.3 Å². The minimum atomic E-state index is 0.367. The first kappa shape index (κ1) is 10.5. The van der Waals surface area contributed by atoms with Gasteiger partial charge >= 0.3 is 0 Å². The molecule has 1 atom stereocenters. The predicted molar refractivity (Wildman–Crippen MR) is 60.4 cm³/mol. The molecule has 0 N–H and O–H groups in total. The number of aryl methyl sites for hydroxylation is 1. The second kappa shape index (κ2) is 4.33. The summed E-state index contributed by atoms with van der Waals surface area (Å²) in [6.45, 7) is 4.69. The molecule has 5 heteroatoms. The second-order valence-corrected chi connectivity index (χ2v) is 4.46. The maximum Gasteiger partial charge on any atom is 0.220 e. The van der Waals surface area contributed by atoms with Gasteiger partial charge in [0, 0.05) is 13.5 Å². The van der Waals surface area contributed by atoms with E-state index < -0.39 is 0 Å². The quantitative estimate of drug-likeness (QED) is 0.811. The fourth-order valence-electron chi connectivity index (χ4n) is 2.28. The number of hydrogen-bond donors (Lipinski definition) is 0. The first-order valence-corrected chi connectivity index (χ1v) is 5.86. The lowest BCUT2D eigenvalue weighted by Crippen LogP contribution is -2.19. The van der Waals surface area contributed by atoms with Gasteiger partial charge in [-0.1, -0.05) is 0 Å². The zero-order chi connectivity index (χ0) is 11.7. The Balaban J connectivity index is 1.62. The van der Waals surface area contributed by atoms with Crippen molar-refractivity contribution in [1.82, 2.24) is 15.1 Å². The van der Waals surface area contributed by atoms with Crippen LogP contribution >= 0.6 is 0 Å². The highest BCUT2D eigenvalue weighted by Gasteiger charge is 2.28. The van der Waals surface area contributed by atoms with Gasteiger partial charge in [0.1, 0.15) is 5.76 Å². The molecule has 0 aromatic carbocycles. The van der Waals surface area contributed by atoms with Crippen molar-refractivity contribution in [1.29, 1.82) is 0 Å². The van der Waals surface area contributed by atoms with Crippen LogP contribution in [0.15, 0.2) is 27.2 Å². The summed E-state index contributed by atoms with van der Waals surface area (Å²) in [6.07, 6.45) is 2.78. The van der Waals surface area contributed by atoms with E-state index in [1.54, 1.807) is 6.26 Å². The van der Waals surface area contributed by atoms with Crippen LogP contribution in [0.5, 0.6) is 0 Å². The Morgan fingerprint density at radius 1 is 1.47 bits per heavy atom. The van der Waals surface area contributed by atoms with E-state index in [0.29, 0.717) is 11.8 Å². The first-order chi connectivity index (χ1) is 8.31. The molecule has 5 nitrogen and oxygen atoms in total. The summed E-state index contributed by atoms with van der Waals surface area (Å²) >= 11 is 0. The van der Waals surface area contributed by atoms with Crippen molar-refractivity contribution >= 4 is 0 Å². The van der Waals surface area contributed by atoms with E-state index in [9.17, 15) is 0 Å². The first-order valence-electron chi connectivity index (χ1n) is 5.86. The lowest BCUT2D eigenvalue weighted by molar-refractivity contribution is 0.289. The van der Waals surface area contributed by atoms with E-state index in [4.69, 9.17) is 8.83 Å². The van der Waals surface area contributed by atoms with Crippen LogP contribution in [-0.4, -0.2) is 28.2 Å². The van der Waals surface area contributed by atoms with Crippen molar-refractivity contribution in [2.75, 3.05) is 13.1 Å². The SMILES string of the molecule is Cc1nnc([C@H]2CCN(Cc3ccco3)C2)o1. The maximum absolute atomic E-state index is 5.48. The van der Waals surface area contributed by atoms with Crippen molar-refractivity contribution < 1.29 is 8.83 Å². The zero-order valence-corrected chi connectivity index (χ0v) is 9.80. The molecule has 0 saturated carbocycles. The van der Waals surface area contributed by atoms with Gasteiger partial charge in [0.05, 0.1) is 18.7 Å². The number of rotatable bonds is 3. The number of likely N-dealkylation sites (tertiary alicyclic amines) is 1. The highest BCUT2D eigenvalue weighted by Crippen LogP contribution is 2.27. The standard InChI is InChI=1S/C12H15N3O2/c1-9-13-14-12(17-9)10-4-5-15(7-10)8-11-3-2-6-16-11/h2-3,6,10H,4-5,7-8H2,1H3/t10-/m0/s1. The van der Waals surface area contributed by atoms with Gasteiger partial charge in [-0.2, -0.15) is 0 Å². The third kappa shape index (κ3) is 2.24. The van der Waals surface area contributed by atoms with Crippen LogP contribution in [-0.2, 0) is 6.54 Å². The molecule has 1 fully saturated rings. The summed E-state index contributed by atoms with van der Waals surface area (Å²) < 4.78 is 10.8. The van der Waals surface area contributed by atoms with Crippen LogP contribution in [0, 0.1) is 6.92 Å². The highest BCUT2D eigenvalue weighted by atomic mass is 16.4. The summed E-state index contributed by atoms with van der Waals surface area (Å²) in [5.74, 6) is 2.78. The molecule has 0 aliphatic carbocycles. The molecule has 2 aromatic rings. The van der Waals surface area contributed by atoms with Gasteiger partial charge in [-0.25, -0.2) is 0 Å². The zero-order valence-electron chi connectivity index (χ0n) is 9.80. The van der Waals surface area contributed by atoms with E-state index >= 15 is 0 Å². The van der Waals surface area contributed by atoms with E-state index in [0.717, 1.165) is 37.7 Å². The normalized spacial score (nSPS) is 21.1. The lowest BCUT2D eigenvalue weighted by Gasteiger charge is -2.12. The monoisotopic (exact) mass is 233 g/mol. The summed E-state index contributed by atoms with van der Waals surface area (Å²) in [6, 6.07) is 3.93. The molecule has 17 heavy (non-hydrogen) atoms. The lowest BCUT2D eigenvalue weighted by atomic mass is 10.1. The molecule has 0 amide bonds. The number of furan rings is 1. The highest BCUT2D eigenvalue weighted by molar-refractivity contribution is 5.01. The van der Waals surface area contributed by atoms with Crippen molar-refractivity contribution in [3.63, 3.8) is 0 Å². The Morgan fingerprint density at radius 3 is 3.12 bits per heavy atom. The van der Waals surface area contributed by atoms with E-state index in [1.165, 1.54) is 0 Å². The third-order valence-electron chi connectivity index (χ3n) is 3.12. The molecule has 1 aliphatic heterocycles. The average Bonchev–Trinajstić information content (AvgIpc) is 2.99. The van der Waals surface area contributed by atoms with Crippen LogP contribution in [0.3, 0.4) is 0 Å². The average molecular weight is 233 g/mol. The van der Waals surface area contributed by atoms with Gasteiger partial charge in [0.2, 0.25) is 11.8 Å². The van der Waals surface area contributed by atoms with Gasteiger partial charge in [-0.15, -0.1) is 10.2 Å². The van der Waals surface area contributed by atoms with Gasteiger partial charge in [-0.3, -0.25) is 4.90 Å². The minimum absolute atomic E-state index is 0.367. The van der Waals surface area contributed by atoms with Crippen molar-refractivity contribution in [2.24, 2.45) is 0 Å². The van der Waals surface area contributed by atoms with Crippen molar-refractivity contribution in [3.05, 3.63) is 35.9 Å². The molecule has 90 valence electrons. The van der Waals surface area contributed by atoms with Crippen LogP contribution in [0.25, 0.3) is 0 Å². The summed E-state index contributed by atoms with van der Waals surface area (Å²) in [4.78, 5) is 2.35. The number of nitrogens with zero attached hydrogens (tertiary/aromatic N) is 3. The molecule has 0 bridgehead atoms. The molecule has 1 aliphatic rings. The molecule has 0 spiro atoms. The fraction of sp³-hybridized carbons (Fsp3) is 0.500. The molecule has 0 unspecified atom stereocenters. The molecule has 2 aromatic heterocycles. The Hall–Kier alpha value is -1.62. The van der Waals surface area contributed by atoms with E-state index in [-0.39, 0.29) is 0 Å². The Labute approximate surface area is 99.4 Å². The Morgan fingerprint density at radius 2 is 2.41 bits per heavy atom. The summed E-state index contributed by atoms with van der Waals surface area (Å²) in [5, 5.41) is 7.97. The number of hydrogen-bond acceptors (Lipinski definition) is 5. The van der Waals surface area contributed by atoms with Crippen LogP contribution in [0.2, 0.25) is 0 Å². The molecule has 0 radical (unpaired) electrons. The van der Waals surface area contributed by atoms with Gasteiger partial charge in [0.25, 0.3) is 0 Å². The van der Waals surface area contributed by atoms with E-state index in [1.807, 2.05) is 19.1 Å². The van der Waals surface area contributed by atoms with Crippen LogP contribution in [0.4, 0.5) is 0 Å². The van der Waals surface area contributed by atoms with Crippen molar-refractivity contribution in [2.45, 2.75) is 25.8 Å². The third-order valence-corrected chi connectivity index (χ3v) is 3.12. The van der Waals surface area contributed by atoms with Crippen LogP contribution in [0.1, 0.15) is 29.9 Å². The van der Waals surface area contributed by atoms with Gasteiger partial charge < -0.3 is 8.83 Å². The largest absolute Gasteiger partial charge is 0.468 e. The minimum Gasteiger partial charge on any atom is -0.468 e. The summed E-state index contributed by atoms with van der Waals surface area (Å²) in [5.41, 5.74) is 0. The summed E-state index contributed by atoms with van der Waals surface area (Å²) in [7, 11) is 0. The number of aromatic nitrogens is 2. The Kier molecular flexibility index (Phi) is 2.68. The van der Waals surface area contributed by atoms with Gasteiger partial charge in [-0.05, 0) is 25.1 Å². The molecule has 3 heterocycles. The van der Waals surface area contributed by atoms with Gasteiger partial charge in [0.15, 0.2) is 0 Å². The molecular weight excluding hydrogens is 218 g/mol. The smallest absolute Gasteiger partial charge is 0.220 e.